The van der Waals surface area contributed by atoms with Crippen molar-refractivity contribution in [3.05, 3.63) is 93.8 Å². The van der Waals surface area contributed by atoms with E-state index in [0.717, 1.165) is 38.1 Å². The molecular formula is C24H18BrNO3S. The van der Waals surface area contributed by atoms with Crippen LogP contribution in [-0.4, -0.2) is 22.6 Å². The molecule has 4 nitrogen and oxygen atoms in total. The summed E-state index contributed by atoms with van der Waals surface area (Å²) in [6.07, 6.45) is 3.24. The van der Waals surface area contributed by atoms with Gasteiger partial charge >= 0.3 is 0 Å². The highest BCUT2D eigenvalue weighted by atomic mass is 79.9. The zero-order valence-electron chi connectivity index (χ0n) is 16.0. The number of hydrogen-bond donors (Lipinski definition) is 0. The Morgan fingerprint density at radius 2 is 1.87 bits per heavy atom. The number of nitrogens with zero attached hydrogens (tertiary/aromatic N) is 1. The van der Waals surface area contributed by atoms with Crippen molar-refractivity contribution in [3.63, 3.8) is 0 Å². The van der Waals surface area contributed by atoms with Crippen LogP contribution in [0, 0.1) is 0 Å². The molecule has 1 heterocycles. The van der Waals surface area contributed by atoms with Crippen LogP contribution < -0.4 is 4.74 Å². The van der Waals surface area contributed by atoms with E-state index in [0.29, 0.717) is 17.3 Å². The van der Waals surface area contributed by atoms with Crippen LogP contribution in [0.4, 0.5) is 4.79 Å². The summed E-state index contributed by atoms with van der Waals surface area (Å²) in [7, 11) is 0. The molecule has 0 atom stereocenters. The molecule has 4 rings (SSSR count). The fraction of sp³-hybridized carbons (Fsp3) is 0.0833. The van der Waals surface area contributed by atoms with Crippen molar-refractivity contribution < 1.29 is 14.3 Å². The molecule has 0 N–H and O–H groups in total. The van der Waals surface area contributed by atoms with E-state index >= 15 is 0 Å². The second-order valence-corrected chi connectivity index (χ2v) is 8.60. The summed E-state index contributed by atoms with van der Waals surface area (Å²) in [5, 5.41) is 2.01. The van der Waals surface area contributed by atoms with Crippen LogP contribution >= 0.6 is 27.7 Å². The number of amides is 2. The minimum atomic E-state index is -0.315. The fourth-order valence-corrected chi connectivity index (χ4v) is 4.48. The van der Waals surface area contributed by atoms with Gasteiger partial charge in [0.25, 0.3) is 11.1 Å². The van der Waals surface area contributed by atoms with Gasteiger partial charge in [-0.3, -0.25) is 14.5 Å². The molecule has 2 amide bonds. The Bertz CT molecular complexity index is 1180. The van der Waals surface area contributed by atoms with Gasteiger partial charge in [-0.1, -0.05) is 64.5 Å². The van der Waals surface area contributed by atoms with Gasteiger partial charge in [0, 0.05) is 16.6 Å². The number of ether oxygens (including phenoxy) is 1. The lowest BCUT2D eigenvalue weighted by Gasteiger charge is -2.12. The third kappa shape index (κ3) is 4.20. The highest BCUT2D eigenvalue weighted by Crippen LogP contribution is 2.35. The van der Waals surface area contributed by atoms with Gasteiger partial charge in [-0.25, -0.2) is 0 Å². The van der Waals surface area contributed by atoms with Crippen LogP contribution in [0.3, 0.4) is 0 Å². The number of imide groups is 1. The van der Waals surface area contributed by atoms with Crippen LogP contribution in [0.25, 0.3) is 16.8 Å². The maximum atomic E-state index is 12.5. The predicted molar refractivity (Wildman–Crippen MR) is 125 cm³/mol. The van der Waals surface area contributed by atoms with Crippen molar-refractivity contribution >= 4 is 55.7 Å². The topological polar surface area (TPSA) is 46.6 Å². The quantitative estimate of drug-likeness (QED) is 0.303. The number of thioether (sulfide) groups is 1. The minimum Gasteiger partial charge on any atom is -0.488 e. The molecule has 1 aliphatic heterocycles. The molecule has 3 aromatic rings. The first-order valence-electron chi connectivity index (χ1n) is 9.32. The standard InChI is InChI=1S/C24H18BrNO3S/c1-2-12-26-23(27)22(30-24(26)28)14-18-13-19(25)10-11-21(18)29-15-17-8-5-7-16-6-3-4-9-20(16)17/h2-11,13-14H,1,12,15H2/b22-14+. The SMILES string of the molecule is C=CCN1C(=O)S/C(=C/c2cc(Br)ccc2OCc2cccc3ccccc23)C1=O. The lowest BCUT2D eigenvalue weighted by atomic mass is 10.1. The van der Waals surface area contributed by atoms with E-state index in [1.807, 2.05) is 42.5 Å². The van der Waals surface area contributed by atoms with Gasteiger partial charge in [-0.2, -0.15) is 0 Å². The van der Waals surface area contributed by atoms with E-state index < -0.39 is 0 Å². The fourth-order valence-electron chi connectivity index (χ4n) is 3.27. The summed E-state index contributed by atoms with van der Waals surface area (Å²) < 4.78 is 6.99. The Hall–Kier alpha value is -2.83. The number of fused-ring (bicyclic) bond motifs is 1. The first-order valence-corrected chi connectivity index (χ1v) is 10.9. The Kier molecular flexibility index (Phi) is 6.06. The number of halogens is 1. The molecule has 0 radical (unpaired) electrons. The molecule has 0 aromatic heterocycles. The smallest absolute Gasteiger partial charge is 0.293 e. The van der Waals surface area contributed by atoms with Crippen molar-refractivity contribution in [2.24, 2.45) is 0 Å². The lowest BCUT2D eigenvalue weighted by Crippen LogP contribution is -2.27. The molecule has 30 heavy (non-hydrogen) atoms. The zero-order chi connectivity index (χ0) is 21.1. The van der Waals surface area contributed by atoms with Gasteiger partial charge in [0.2, 0.25) is 0 Å². The number of rotatable bonds is 6. The second kappa shape index (κ2) is 8.90. The summed E-state index contributed by atoms with van der Waals surface area (Å²) in [5.74, 6) is 0.325. The molecule has 1 saturated heterocycles. The van der Waals surface area contributed by atoms with E-state index in [1.54, 1.807) is 6.08 Å². The summed E-state index contributed by atoms with van der Waals surface area (Å²) in [6.45, 7) is 4.19. The Morgan fingerprint density at radius 1 is 1.07 bits per heavy atom. The highest BCUT2D eigenvalue weighted by Gasteiger charge is 2.34. The molecule has 0 saturated carbocycles. The largest absolute Gasteiger partial charge is 0.488 e. The van der Waals surface area contributed by atoms with Crippen molar-refractivity contribution in [2.45, 2.75) is 6.61 Å². The van der Waals surface area contributed by atoms with E-state index in [2.05, 4.69) is 40.7 Å². The Morgan fingerprint density at radius 3 is 2.70 bits per heavy atom. The van der Waals surface area contributed by atoms with Crippen molar-refractivity contribution in [1.29, 1.82) is 0 Å². The molecule has 6 heteroatoms. The molecule has 1 aliphatic rings. The average Bonchev–Trinajstić information content (AvgIpc) is 3.01. The van der Waals surface area contributed by atoms with Gasteiger partial charge in [-0.15, -0.1) is 6.58 Å². The molecule has 0 unspecified atom stereocenters. The maximum absolute atomic E-state index is 12.5. The second-order valence-electron chi connectivity index (χ2n) is 6.69. The first kappa shape index (κ1) is 20.4. The molecular weight excluding hydrogens is 462 g/mol. The average molecular weight is 480 g/mol. The number of hydrogen-bond acceptors (Lipinski definition) is 4. The van der Waals surface area contributed by atoms with Gasteiger partial charge in [0.1, 0.15) is 12.4 Å². The van der Waals surface area contributed by atoms with Gasteiger partial charge in [0.05, 0.1) is 4.91 Å². The summed E-state index contributed by atoms with van der Waals surface area (Å²) in [4.78, 5) is 26.2. The zero-order valence-corrected chi connectivity index (χ0v) is 18.4. The van der Waals surface area contributed by atoms with Crippen molar-refractivity contribution in [3.8, 4) is 5.75 Å². The lowest BCUT2D eigenvalue weighted by molar-refractivity contribution is -0.122. The Balaban J connectivity index is 1.62. The monoisotopic (exact) mass is 479 g/mol. The van der Waals surface area contributed by atoms with E-state index in [4.69, 9.17) is 4.74 Å². The third-order valence-electron chi connectivity index (χ3n) is 4.71. The maximum Gasteiger partial charge on any atom is 0.293 e. The summed E-state index contributed by atoms with van der Waals surface area (Å²) in [5.41, 5.74) is 1.81. The number of benzene rings is 3. The summed E-state index contributed by atoms with van der Waals surface area (Å²) in [6, 6.07) is 19.9. The van der Waals surface area contributed by atoms with Crippen LogP contribution in [0.2, 0.25) is 0 Å². The van der Waals surface area contributed by atoms with E-state index in [-0.39, 0.29) is 17.7 Å². The predicted octanol–water partition coefficient (Wildman–Crippen LogP) is 6.40. The number of carbonyl (C=O) groups is 2. The molecule has 0 bridgehead atoms. The van der Waals surface area contributed by atoms with Crippen LogP contribution in [-0.2, 0) is 11.4 Å². The van der Waals surface area contributed by atoms with Crippen LogP contribution in [0.5, 0.6) is 5.75 Å². The van der Waals surface area contributed by atoms with E-state index in [9.17, 15) is 9.59 Å². The highest BCUT2D eigenvalue weighted by molar-refractivity contribution is 9.10. The molecule has 3 aromatic carbocycles. The van der Waals surface area contributed by atoms with Crippen molar-refractivity contribution in [1.82, 2.24) is 4.90 Å². The van der Waals surface area contributed by atoms with Crippen molar-refractivity contribution in [2.75, 3.05) is 6.54 Å². The normalized spacial score (nSPS) is 15.2. The third-order valence-corrected chi connectivity index (χ3v) is 6.11. The molecule has 1 fully saturated rings. The van der Waals surface area contributed by atoms with Gasteiger partial charge in [-0.05, 0) is 52.4 Å². The number of carbonyl (C=O) groups excluding carboxylic acids is 2. The van der Waals surface area contributed by atoms with Crippen LogP contribution in [0.15, 0.2) is 82.7 Å². The Labute approximate surface area is 187 Å². The van der Waals surface area contributed by atoms with Gasteiger partial charge in [0.15, 0.2) is 0 Å². The first-order chi connectivity index (χ1) is 14.6. The van der Waals surface area contributed by atoms with Crippen LogP contribution in [0.1, 0.15) is 11.1 Å². The summed E-state index contributed by atoms with van der Waals surface area (Å²) >= 11 is 4.40. The molecule has 150 valence electrons. The molecule has 0 aliphatic carbocycles. The molecule has 0 spiro atoms. The minimum absolute atomic E-state index is 0.199. The van der Waals surface area contributed by atoms with E-state index in [1.165, 1.54) is 11.0 Å². The van der Waals surface area contributed by atoms with Gasteiger partial charge < -0.3 is 4.74 Å².